The Morgan fingerprint density at radius 3 is 2.42 bits per heavy atom. The first-order chi connectivity index (χ1) is 18.1. The summed E-state index contributed by atoms with van der Waals surface area (Å²) in [4.78, 5) is 38.6. The van der Waals surface area contributed by atoms with Crippen LogP contribution < -0.4 is 21.0 Å². The van der Waals surface area contributed by atoms with Gasteiger partial charge in [0.05, 0.1) is 11.4 Å². The molecule has 0 aromatic heterocycles. The topological polar surface area (TPSA) is 103 Å². The number of ketones is 1. The second-order valence-corrected chi connectivity index (χ2v) is 10.1. The molecule has 0 saturated heterocycles. The van der Waals surface area contributed by atoms with Gasteiger partial charge in [-0.3, -0.25) is 15.0 Å². The number of hydrogen-bond acceptors (Lipinski definition) is 6. The number of carbonyl (C=O) groups excluding carboxylic acids is 3. The lowest BCUT2D eigenvalue weighted by Gasteiger charge is -2.21. The minimum Gasteiger partial charge on any atom is -0.381 e. The minimum absolute atomic E-state index is 0.121. The Kier molecular flexibility index (Phi) is 10.2. The molecule has 2 amide bonds. The molecule has 1 aliphatic heterocycles. The summed E-state index contributed by atoms with van der Waals surface area (Å²) < 4.78 is 0. The van der Waals surface area contributed by atoms with Crippen LogP contribution in [0.25, 0.3) is 0 Å². The summed E-state index contributed by atoms with van der Waals surface area (Å²) in [6.45, 7) is 9.61. The molecule has 1 atom stereocenters. The van der Waals surface area contributed by atoms with Crippen LogP contribution in [0, 0.1) is 5.92 Å². The maximum atomic E-state index is 13.1. The molecule has 3 N–H and O–H groups in total. The number of hydrazone groups is 1. The summed E-state index contributed by atoms with van der Waals surface area (Å²) in [5.41, 5.74) is 7.23. The zero-order valence-electron chi connectivity index (χ0n) is 22.8. The van der Waals surface area contributed by atoms with E-state index in [4.69, 9.17) is 0 Å². The van der Waals surface area contributed by atoms with E-state index < -0.39 is 11.9 Å². The summed E-state index contributed by atoms with van der Waals surface area (Å²) in [5.74, 6) is 0.523. The maximum absolute atomic E-state index is 13.1. The van der Waals surface area contributed by atoms with Crippen LogP contribution in [0.15, 0.2) is 65.9 Å². The number of benzene rings is 2. The largest absolute Gasteiger partial charge is 0.381 e. The number of rotatable bonds is 9. The Morgan fingerprint density at radius 2 is 1.79 bits per heavy atom. The van der Waals surface area contributed by atoms with Gasteiger partial charge in [-0.1, -0.05) is 62.7 Å². The van der Waals surface area contributed by atoms with Gasteiger partial charge in [-0.15, -0.1) is 0 Å². The fraction of sp³-hybridized carbons (Fsp3) is 0.400. The van der Waals surface area contributed by atoms with Crippen molar-refractivity contribution in [3.63, 3.8) is 0 Å². The Balaban J connectivity index is 0.000000912. The highest BCUT2D eigenvalue weighted by Gasteiger charge is 2.30. The molecule has 202 valence electrons. The summed E-state index contributed by atoms with van der Waals surface area (Å²) in [6.07, 6.45) is 4.62. The average molecular weight is 518 g/mol. The molecule has 4 rings (SSSR count). The third-order valence-electron chi connectivity index (χ3n) is 6.46. The zero-order chi connectivity index (χ0) is 27.7. The number of likely N-dealkylation sites (N-methyl/N-ethyl adjacent to an activating group) is 1. The minimum atomic E-state index is -0.761. The van der Waals surface area contributed by atoms with Crippen LogP contribution in [0.4, 0.5) is 11.4 Å². The number of nitrogens with one attached hydrogen (secondary N) is 3. The van der Waals surface area contributed by atoms with Crippen molar-refractivity contribution in [2.24, 2.45) is 11.0 Å². The maximum Gasteiger partial charge on any atom is 0.267 e. The molecule has 0 bridgehead atoms. The lowest BCUT2D eigenvalue weighted by Crippen LogP contribution is -2.51. The normalized spacial score (nSPS) is 16.7. The highest BCUT2D eigenvalue weighted by Crippen LogP contribution is 2.30. The van der Waals surface area contributed by atoms with Gasteiger partial charge in [0.15, 0.2) is 0 Å². The van der Waals surface area contributed by atoms with Gasteiger partial charge in [-0.25, -0.2) is 0 Å². The van der Waals surface area contributed by atoms with Gasteiger partial charge in [0.25, 0.3) is 11.8 Å². The van der Waals surface area contributed by atoms with Gasteiger partial charge in [0, 0.05) is 32.1 Å². The SMILES string of the molecule is C=C(Cc1ccccc1)N/N=C(\C)C(=O)N[C@H]1CNc2ccc(CCC(C)=O)cc2N(C)C1=O.CC1CC1. The van der Waals surface area contributed by atoms with Crippen molar-refractivity contribution < 1.29 is 14.4 Å². The molecular weight excluding hydrogens is 478 g/mol. The summed E-state index contributed by atoms with van der Waals surface area (Å²) in [5, 5.41) is 10.1. The Morgan fingerprint density at radius 1 is 1.11 bits per heavy atom. The number of aryl methyl sites for hydroxylation is 1. The van der Waals surface area contributed by atoms with E-state index >= 15 is 0 Å². The lowest BCUT2D eigenvalue weighted by molar-refractivity contribution is -0.124. The van der Waals surface area contributed by atoms with Gasteiger partial charge in [0.1, 0.15) is 17.5 Å². The van der Waals surface area contributed by atoms with E-state index in [0.29, 0.717) is 30.6 Å². The Hall–Kier alpha value is -3.94. The first kappa shape index (κ1) is 28.6. The molecule has 0 unspecified atom stereocenters. The van der Waals surface area contributed by atoms with Crippen molar-refractivity contribution in [3.8, 4) is 0 Å². The van der Waals surface area contributed by atoms with Gasteiger partial charge >= 0.3 is 0 Å². The molecule has 1 fully saturated rings. The van der Waals surface area contributed by atoms with Gasteiger partial charge < -0.3 is 20.3 Å². The third kappa shape index (κ3) is 8.87. The molecule has 2 aromatic rings. The third-order valence-corrected chi connectivity index (χ3v) is 6.46. The smallest absolute Gasteiger partial charge is 0.267 e. The lowest BCUT2D eigenvalue weighted by atomic mass is 10.1. The molecular formula is C30H39N5O3. The summed E-state index contributed by atoms with van der Waals surface area (Å²) in [7, 11) is 1.68. The Bertz CT molecular complexity index is 1190. The fourth-order valence-electron chi connectivity index (χ4n) is 3.77. The van der Waals surface area contributed by atoms with Crippen molar-refractivity contribution in [3.05, 3.63) is 71.9 Å². The van der Waals surface area contributed by atoms with E-state index in [9.17, 15) is 14.4 Å². The van der Waals surface area contributed by atoms with E-state index in [1.54, 1.807) is 20.9 Å². The number of anilines is 2. The standard InChI is InChI=1S/C26H31N5O3.C4H8/c1-17(14-20-8-6-5-7-9-20)29-30-19(3)25(33)28-23-16-27-22-13-12-21(11-10-18(2)32)15-24(22)31(4)26(23)34;1-4-2-3-4/h5-9,12-13,15,23,27,29H,1,10-11,14,16H2,2-4H3,(H,28,33);4H,2-3H2,1H3/b30-19+;/t23-;/m0./s1. The van der Waals surface area contributed by atoms with E-state index in [1.807, 2.05) is 48.5 Å². The van der Waals surface area contributed by atoms with Crippen LogP contribution in [0.2, 0.25) is 0 Å². The number of Topliss-reactive ketones (excluding diaryl/α,β-unsaturated/α-hetero) is 1. The van der Waals surface area contributed by atoms with E-state index in [-0.39, 0.29) is 23.9 Å². The average Bonchev–Trinajstić information content (AvgIpc) is 3.71. The van der Waals surface area contributed by atoms with E-state index in [1.165, 1.54) is 17.7 Å². The number of allylic oxidation sites excluding steroid dienone is 1. The summed E-state index contributed by atoms with van der Waals surface area (Å²) >= 11 is 0. The van der Waals surface area contributed by atoms with Crippen molar-refractivity contribution in [2.45, 2.75) is 58.9 Å². The predicted octanol–water partition coefficient (Wildman–Crippen LogP) is 4.22. The number of nitrogens with zero attached hydrogens (tertiary/aromatic N) is 2. The molecule has 1 saturated carbocycles. The number of carbonyl (C=O) groups is 3. The van der Waals surface area contributed by atoms with Crippen LogP contribution in [-0.2, 0) is 27.2 Å². The Labute approximate surface area is 225 Å². The van der Waals surface area contributed by atoms with Crippen LogP contribution >= 0.6 is 0 Å². The number of hydrogen-bond donors (Lipinski definition) is 3. The molecule has 1 aliphatic carbocycles. The fourth-order valence-corrected chi connectivity index (χ4v) is 3.77. The molecule has 2 aromatic carbocycles. The number of fused-ring (bicyclic) bond motifs is 1. The van der Waals surface area contributed by atoms with E-state index in [2.05, 4.69) is 34.7 Å². The molecule has 0 radical (unpaired) electrons. The second kappa shape index (κ2) is 13.6. The quantitative estimate of drug-likeness (QED) is 0.341. The van der Waals surface area contributed by atoms with Crippen molar-refractivity contribution in [1.29, 1.82) is 0 Å². The first-order valence-electron chi connectivity index (χ1n) is 13.1. The second-order valence-electron chi connectivity index (χ2n) is 10.1. The highest BCUT2D eigenvalue weighted by molar-refractivity contribution is 6.38. The molecule has 0 spiro atoms. The van der Waals surface area contributed by atoms with E-state index in [0.717, 1.165) is 22.7 Å². The van der Waals surface area contributed by atoms with Crippen LogP contribution in [-0.4, -0.2) is 42.9 Å². The van der Waals surface area contributed by atoms with Crippen molar-refractivity contribution in [2.75, 3.05) is 23.8 Å². The van der Waals surface area contributed by atoms with Crippen LogP contribution in [0.3, 0.4) is 0 Å². The van der Waals surface area contributed by atoms with Crippen LogP contribution in [0.1, 0.15) is 51.2 Å². The van der Waals surface area contributed by atoms with Crippen molar-refractivity contribution in [1.82, 2.24) is 10.7 Å². The first-order valence-corrected chi connectivity index (χ1v) is 13.1. The highest BCUT2D eigenvalue weighted by atomic mass is 16.2. The summed E-state index contributed by atoms with van der Waals surface area (Å²) in [6, 6.07) is 14.8. The van der Waals surface area contributed by atoms with Gasteiger partial charge in [-0.05, 0) is 49.4 Å². The van der Waals surface area contributed by atoms with Gasteiger partial charge in [-0.2, -0.15) is 5.10 Å². The van der Waals surface area contributed by atoms with Gasteiger partial charge in [0.2, 0.25) is 0 Å². The molecule has 2 aliphatic rings. The zero-order valence-corrected chi connectivity index (χ0v) is 22.8. The van der Waals surface area contributed by atoms with Crippen molar-refractivity contribution >= 4 is 34.7 Å². The molecule has 38 heavy (non-hydrogen) atoms. The van der Waals surface area contributed by atoms with Crippen LogP contribution in [0.5, 0.6) is 0 Å². The molecule has 8 nitrogen and oxygen atoms in total. The molecule has 1 heterocycles. The monoisotopic (exact) mass is 517 g/mol. The number of amides is 2. The molecule has 8 heteroatoms. The predicted molar refractivity (Wildman–Crippen MR) is 153 cm³/mol.